The molecule has 0 saturated carbocycles. The number of thioether (sulfide) groups is 1. The summed E-state index contributed by atoms with van der Waals surface area (Å²) in [5.41, 5.74) is 2.18. The van der Waals surface area contributed by atoms with Gasteiger partial charge in [-0.15, -0.1) is 0 Å². The second kappa shape index (κ2) is 9.48. The second-order valence-corrected chi connectivity index (χ2v) is 10.4. The van der Waals surface area contributed by atoms with Crippen LogP contribution in [-0.2, 0) is 19.4 Å². The molecule has 0 atom stereocenters. The van der Waals surface area contributed by atoms with Crippen molar-refractivity contribution in [3.63, 3.8) is 0 Å². The Labute approximate surface area is 195 Å². The highest BCUT2D eigenvalue weighted by molar-refractivity contribution is 8.26. The fourth-order valence-corrected chi connectivity index (χ4v) is 5.05. The predicted molar refractivity (Wildman–Crippen MR) is 128 cm³/mol. The van der Waals surface area contributed by atoms with Crippen LogP contribution in [0, 0.1) is 18.3 Å². The number of carbonyl (C=O) groups is 2. The Morgan fingerprint density at radius 2 is 1.78 bits per heavy atom. The van der Waals surface area contributed by atoms with Gasteiger partial charge in [0.1, 0.15) is 6.07 Å². The first-order chi connectivity index (χ1) is 15.1. The maximum Gasteiger partial charge on any atom is 0.270 e. The minimum absolute atomic E-state index is 0.0452. The van der Waals surface area contributed by atoms with E-state index in [4.69, 9.17) is 12.2 Å². The normalized spacial score (nSPS) is 15.7. The first kappa shape index (κ1) is 23.4. The Morgan fingerprint density at radius 1 is 1.16 bits per heavy atom. The number of rotatable bonds is 5. The number of hydrogen-bond acceptors (Lipinski definition) is 7. The second-order valence-electron chi connectivity index (χ2n) is 6.78. The number of nitriles is 1. The van der Waals surface area contributed by atoms with Crippen LogP contribution in [-0.4, -0.2) is 29.5 Å². The number of nitrogens with zero attached hydrogens (tertiary/aromatic N) is 2. The van der Waals surface area contributed by atoms with Crippen molar-refractivity contribution >= 4 is 61.7 Å². The number of aryl methyl sites for hydroxylation is 1. The van der Waals surface area contributed by atoms with E-state index in [1.54, 1.807) is 48.5 Å². The summed E-state index contributed by atoms with van der Waals surface area (Å²) in [5, 5.41) is 12.1. The van der Waals surface area contributed by atoms with E-state index in [-0.39, 0.29) is 20.0 Å². The molecule has 1 aliphatic rings. The fraction of sp³-hybridized carbons (Fsp3) is 0.0909. The molecule has 0 radical (unpaired) electrons. The molecule has 1 heterocycles. The Kier molecular flexibility index (Phi) is 6.93. The summed E-state index contributed by atoms with van der Waals surface area (Å²) >= 11 is 6.24. The molecule has 0 unspecified atom stereocenters. The molecule has 0 aliphatic carbocycles. The number of amides is 2. The van der Waals surface area contributed by atoms with Gasteiger partial charge < -0.3 is 5.32 Å². The maximum absolute atomic E-state index is 12.8. The summed E-state index contributed by atoms with van der Waals surface area (Å²) in [6.07, 6.45) is 2.57. The van der Waals surface area contributed by atoms with Gasteiger partial charge in [0.05, 0.1) is 9.80 Å². The molecule has 162 valence electrons. The van der Waals surface area contributed by atoms with Crippen molar-refractivity contribution in [2.75, 3.05) is 5.32 Å². The third-order valence-corrected chi connectivity index (χ3v) is 7.33. The molecule has 1 fully saturated rings. The highest BCUT2D eigenvalue weighted by Crippen LogP contribution is 2.34. The largest absolute Gasteiger partial charge is 0.326 e. The smallest absolute Gasteiger partial charge is 0.270 e. The van der Waals surface area contributed by atoms with Crippen molar-refractivity contribution in [1.29, 1.82) is 5.26 Å². The van der Waals surface area contributed by atoms with E-state index in [0.29, 0.717) is 11.3 Å². The number of anilines is 1. The van der Waals surface area contributed by atoms with Crippen LogP contribution in [0.1, 0.15) is 18.1 Å². The van der Waals surface area contributed by atoms with E-state index in [1.807, 2.05) is 6.92 Å². The average molecular weight is 484 g/mol. The molecule has 0 bridgehead atoms. The number of allylic oxidation sites excluding steroid dienone is 1. The standard InChI is InChI=1S/C22H17N3O4S3/c1-14-3-9-18(10-4-14)32(28,29)19(12-23)13-25-21(27)20(31-22(25)30)11-16-5-7-17(8-6-16)24-15(2)26/h3-11,13H,1-2H3,(H,24,26). The minimum Gasteiger partial charge on any atom is -0.326 e. The zero-order valence-electron chi connectivity index (χ0n) is 17.0. The summed E-state index contributed by atoms with van der Waals surface area (Å²) in [4.78, 5) is 24.6. The third-order valence-electron chi connectivity index (χ3n) is 4.33. The van der Waals surface area contributed by atoms with Gasteiger partial charge in [0.2, 0.25) is 15.7 Å². The molecule has 10 heteroatoms. The van der Waals surface area contributed by atoms with Gasteiger partial charge >= 0.3 is 0 Å². The van der Waals surface area contributed by atoms with Crippen LogP contribution in [0.15, 0.2) is 69.4 Å². The van der Waals surface area contributed by atoms with E-state index in [0.717, 1.165) is 28.4 Å². The zero-order chi connectivity index (χ0) is 23.5. The SMILES string of the molecule is CC(=O)Nc1ccc(C=C2SC(=S)N(C=C(C#N)S(=O)(=O)c3ccc(C)cc3)C2=O)cc1. The molecule has 1 saturated heterocycles. The number of thiocarbonyl (C=S) groups is 1. The zero-order valence-corrected chi connectivity index (χ0v) is 19.5. The van der Waals surface area contributed by atoms with Gasteiger partial charge in [-0.3, -0.25) is 14.5 Å². The van der Waals surface area contributed by atoms with Crippen molar-refractivity contribution in [2.24, 2.45) is 0 Å². The van der Waals surface area contributed by atoms with Gasteiger partial charge in [-0.2, -0.15) is 5.26 Å². The Morgan fingerprint density at radius 3 is 2.34 bits per heavy atom. The fourth-order valence-electron chi connectivity index (χ4n) is 2.73. The molecular weight excluding hydrogens is 466 g/mol. The van der Waals surface area contributed by atoms with Gasteiger partial charge in [0, 0.05) is 18.8 Å². The Balaban J connectivity index is 1.88. The molecule has 0 aromatic heterocycles. The Hall–Kier alpha value is -3.26. The average Bonchev–Trinajstić information content (AvgIpc) is 3.00. The quantitative estimate of drug-likeness (QED) is 0.389. The number of sulfone groups is 1. The summed E-state index contributed by atoms with van der Waals surface area (Å²) in [6.45, 7) is 3.22. The van der Waals surface area contributed by atoms with Crippen molar-refractivity contribution < 1.29 is 18.0 Å². The first-order valence-electron chi connectivity index (χ1n) is 9.20. The van der Waals surface area contributed by atoms with E-state index in [2.05, 4.69) is 5.32 Å². The van der Waals surface area contributed by atoms with Crippen LogP contribution in [0.5, 0.6) is 0 Å². The van der Waals surface area contributed by atoms with Gasteiger partial charge in [-0.05, 0) is 42.8 Å². The molecule has 2 amide bonds. The van der Waals surface area contributed by atoms with Gasteiger partial charge in [0.15, 0.2) is 9.23 Å². The van der Waals surface area contributed by atoms with Gasteiger partial charge in [-0.25, -0.2) is 8.42 Å². The van der Waals surface area contributed by atoms with E-state index >= 15 is 0 Å². The van der Waals surface area contributed by atoms with Crippen molar-refractivity contribution in [3.05, 3.63) is 75.7 Å². The number of nitrogens with one attached hydrogen (secondary N) is 1. The number of hydrogen-bond donors (Lipinski definition) is 1. The lowest BCUT2D eigenvalue weighted by atomic mass is 10.2. The minimum atomic E-state index is -4.11. The molecule has 2 aromatic rings. The monoisotopic (exact) mass is 483 g/mol. The summed E-state index contributed by atoms with van der Waals surface area (Å²) < 4.78 is 25.8. The van der Waals surface area contributed by atoms with Crippen LogP contribution in [0.4, 0.5) is 5.69 Å². The molecule has 7 nitrogen and oxygen atoms in total. The predicted octanol–water partition coefficient (Wildman–Crippen LogP) is 3.99. The summed E-state index contributed by atoms with van der Waals surface area (Å²) in [7, 11) is -4.11. The molecule has 32 heavy (non-hydrogen) atoms. The highest BCUT2D eigenvalue weighted by Gasteiger charge is 2.33. The lowest BCUT2D eigenvalue weighted by molar-refractivity contribution is -0.120. The van der Waals surface area contributed by atoms with Crippen LogP contribution in [0.2, 0.25) is 0 Å². The van der Waals surface area contributed by atoms with E-state index in [9.17, 15) is 23.3 Å². The Bertz CT molecular complexity index is 1300. The lowest BCUT2D eigenvalue weighted by Crippen LogP contribution is -2.23. The summed E-state index contributed by atoms with van der Waals surface area (Å²) in [5.74, 6) is -0.725. The molecule has 2 aromatic carbocycles. The van der Waals surface area contributed by atoms with Crippen LogP contribution in [0.25, 0.3) is 6.08 Å². The van der Waals surface area contributed by atoms with Crippen molar-refractivity contribution in [3.8, 4) is 6.07 Å². The molecular formula is C22H17N3O4S3. The van der Waals surface area contributed by atoms with Crippen LogP contribution in [0.3, 0.4) is 0 Å². The molecule has 1 aliphatic heterocycles. The van der Waals surface area contributed by atoms with Crippen LogP contribution >= 0.6 is 24.0 Å². The lowest BCUT2D eigenvalue weighted by Gasteiger charge is -2.10. The molecule has 3 rings (SSSR count). The topological polar surface area (TPSA) is 107 Å². The molecule has 1 N–H and O–H groups in total. The highest BCUT2D eigenvalue weighted by atomic mass is 32.2. The van der Waals surface area contributed by atoms with Gasteiger partial charge in [-0.1, -0.05) is 53.8 Å². The van der Waals surface area contributed by atoms with E-state index in [1.165, 1.54) is 19.1 Å². The van der Waals surface area contributed by atoms with Crippen LogP contribution < -0.4 is 5.32 Å². The van der Waals surface area contributed by atoms with E-state index < -0.39 is 20.6 Å². The molecule has 0 spiro atoms. The number of benzene rings is 2. The van der Waals surface area contributed by atoms with Gasteiger partial charge in [0.25, 0.3) is 5.91 Å². The number of carbonyl (C=O) groups excluding carboxylic acids is 2. The maximum atomic E-state index is 12.8. The summed E-state index contributed by atoms with van der Waals surface area (Å²) in [6, 6.07) is 14.6. The first-order valence-corrected chi connectivity index (χ1v) is 11.9. The van der Waals surface area contributed by atoms with Crippen molar-refractivity contribution in [2.45, 2.75) is 18.7 Å². The van der Waals surface area contributed by atoms with Crippen molar-refractivity contribution in [1.82, 2.24) is 4.90 Å². The third kappa shape index (κ3) is 5.13.